The molecule has 0 aromatic heterocycles. The van der Waals surface area contributed by atoms with E-state index in [2.05, 4.69) is 24.4 Å². The highest BCUT2D eigenvalue weighted by molar-refractivity contribution is 5.37. The normalized spacial score (nSPS) is 21.3. The molecule has 1 fully saturated rings. The monoisotopic (exact) mass is 207 g/mol. The van der Waals surface area contributed by atoms with Gasteiger partial charge in [-0.25, -0.2) is 0 Å². The summed E-state index contributed by atoms with van der Waals surface area (Å²) in [6.07, 6.45) is 0. The quantitative estimate of drug-likeness (QED) is 0.800. The maximum atomic E-state index is 5.44. The average molecular weight is 207 g/mol. The highest BCUT2D eigenvalue weighted by atomic mass is 16.5. The van der Waals surface area contributed by atoms with Crippen LogP contribution in [0.15, 0.2) is 18.2 Å². The third-order valence-electron chi connectivity index (χ3n) is 2.74. The summed E-state index contributed by atoms with van der Waals surface area (Å²) < 4.78 is 10.7. The minimum Gasteiger partial charge on any atom is -0.496 e. The van der Waals surface area contributed by atoms with Gasteiger partial charge < -0.3 is 14.8 Å². The zero-order chi connectivity index (χ0) is 10.7. The molecule has 1 N–H and O–H groups in total. The minimum absolute atomic E-state index is 0.323. The molecule has 0 radical (unpaired) electrons. The van der Waals surface area contributed by atoms with E-state index in [4.69, 9.17) is 9.47 Å². The van der Waals surface area contributed by atoms with Crippen LogP contribution in [-0.4, -0.2) is 26.9 Å². The number of nitrogens with one attached hydrogen (secondary N) is 1. The van der Waals surface area contributed by atoms with Gasteiger partial charge in [-0.2, -0.15) is 0 Å². The van der Waals surface area contributed by atoms with Crippen LogP contribution in [0.25, 0.3) is 0 Å². The average Bonchev–Trinajstić information content (AvgIpc) is 2.30. The second-order valence-corrected chi connectivity index (χ2v) is 3.81. The van der Waals surface area contributed by atoms with Crippen molar-refractivity contribution in [1.29, 1.82) is 0 Å². The molecular formula is C12H17NO2. The Labute approximate surface area is 90.4 Å². The Kier molecular flexibility index (Phi) is 3.23. The van der Waals surface area contributed by atoms with Crippen molar-refractivity contribution >= 4 is 0 Å². The summed E-state index contributed by atoms with van der Waals surface area (Å²) in [5.41, 5.74) is 2.44. The summed E-state index contributed by atoms with van der Waals surface area (Å²) in [6.45, 7) is 4.55. The van der Waals surface area contributed by atoms with Crippen LogP contribution in [0, 0.1) is 6.92 Å². The zero-order valence-electron chi connectivity index (χ0n) is 9.25. The van der Waals surface area contributed by atoms with Crippen molar-refractivity contribution in [3.63, 3.8) is 0 Å². The molecule has 1 aromatic carbocycles. The molecule has 0 spiro atoms. The summed E-state index contributed by atoms with van der Waals surface area (Å²) >= 11 is 0. The number of hydrogen-bond donors (Lipinski definition) is 1. The van der Waals surface area contributed by atoms with E-state index < -0.39 is 0 Å². The number of benzene rings is 1. The van der Waals surface area contributed by atoms with E-state index in [0.717, 1.165) is 25.5 Å². The van der Waals surface area contributed by atoms with Gasteiger partial charge in [0.2, 0.25) is 0 Å². The number of morpholine rings is 1. The van der Waals surface area contributed by atoms with Crippen LogP contribution in [-0.2, 0) is 4.74 Å². The molecule has 1 aromatic rings. The highest BCUT2D eigenvalue weighted by Gasteiger charge is 2.15. The van der Waals surface area contributed by atoms with Gasteiger partial charge in [-0.1, -0.05) is 12.1 Å². The van der Waals surface area contributed by atoms with Gasteiger partial charge in [-0.15, -0.1) is 0 Å². The molecule has 15 heavy (non-hydrogen) atoms. The van der Waals surface area contributed by atoms with E-state index in [9.17, 15) is 0 Å². The third-order valence-corrected chi connectivity index (χ3v) is 2.74. The number of methoxy groups -OCH3 is 1. The largest absolute Gasteiger partial charge is 0.496 e. The fourth-order valence-electron chi connectivity index (χ4n) is 1.90. The predicted molar refractivity (Wildman–Crippen MR) is 59.3 cm³/mol. The van der Waals surface area contributed by atoms with Crippen molar-refractivity contribution in [3.8, 4) is 5.75 Å². The Morgan fingerprint density at radius 2 is 2.33 bits per heavy atom. The van der Waals surface area contributed by atoms with Crippen molar-refractivity contribution in [1.82, 2.24) is 5.32 Å². The van der Waals surface area contributed by atoms with Crippen LogP contribution in [0.4, 0.5) is 0 Å². The highest BCUT2D eigenvalue weighted by Crippen LogP contribution is 2.23. The van der Waals surface area contributed by atoms with E-state index in [0.29, 0.717) is 6.04 Å². The van der Waals surface area contributed by atoms with Crippen molar-refractivity contribution in [2.24, 2.45) is 0 Å². The van der Waals surface area contributed by atoms with Gasteiger partial charge in [-0.3, -0.25) is 0 Å². The molecule has 1 unspecified atom stereocenters. The lowest BCUT2D eigenvalue weighted by atomic mass is 10.0. The number of rotatable bonds is 2. The molecule has 1 aliphatic rings. The Morgan fingerprint density at radius 3 is 2.93 bits per heavy atom. The predicted octanol–water partition coefficient (Wildman–Crippen LogP) is 1.66. The Balaban J connectivity index is 2.17. The lowest BCUT2D eigenvalue weighted by Gasteiger charge is -2.24. The molecule has 0 aliphatic carbocycles. The van der Waals surface area contributed by atoms with Gasteiger partial charge in [0.15, 0.2) is 0 Å². The summed E-state index contributed by atoms with van der Waals surface area (Å²) in [5, 5.41) is 3.43. The summed E-state index contributed by atoms with van der Waals surface area (Å²) in [4.78, 5) is 0. The topological polar surface area (TPSA) is 30.5 Å². The second kappa shape index (κ2) is 4.64. The molecule has 2 rings (SSSR count). The molecule has 0 saturated carbocycles. The van der Waals surface area contributed by atoms with Gasteiger partial charge >= 0.3 is 0 Å². The zero-order valence-corrected chi connectivity index (χ0v) is 9.25. The SMILES string of the molecule is COc1ccc(C2COCCN2)cc1C. The van der Waals surface area contributed by atoms with E-state index in [1.165, 1.54) is 11.1 Å². The van der Waals surface area contributed by atoms with E-state index in [1.54, 1.807) is 7.11 Å². The molecule has 1 aliphatic heterocycles. The van der Waals surface area contributed by atoms with E-state index in [1.807, 2.05) is 6.07 Å². The van der Waals surface area contributed by atoms with Crippen LogP contribution in [0.1, 0.15) is 17.2 Å². The fraction of sp³-hybridized carbons (Fsp3) is 0.500. The molecular weight excluding hydrogens is 190 g/mol. The van der Waals surface area contributed by atoms with Gasteiger partial charge in [0.25, 0.3) is 0 Å². The van der Waals surface area contributed by atoms with Crippen LogP contribution in [0.2, 0.25) is 0 Å². The van der Waals surface area contributed by atoms with E-state index in [-0.39, 0.29) is 0 Å². The summed E-state index contributed by atoms with van der Waals surface area (Å²) in [7, 11) is 1.70. The number of hydrogen-bond acceptors (Lipinski definition) is 3. The molecule has 0 amide bonds. The Hall–Kier alpha value is -1.06. The van der Waals surface area contributed by atoms with Crippen LogP contribution < -0.4 is 10.1 Å². The summed E-state index contributed by atoms with van der Waals surface area (Å²) in [6, 6.07) is 6.59. The molecule has 1 atom stereocenters. The summed E-state index contributed by atoms with van der Waals surface area (Å²) in [5.74, 6) is 0.940. The molecule has 0 bridgehead atoms. The lowest BCUT2D eigenvalue weighted by Crippen LogP contribution is -2.34. The van der Waals surface area contributed by atoms with Crippen LogP contribution in [0.3, 0.4) is 0 Å². The van der Waals surface area contributed by atoms with Gasteiger partial charge in [0.1, 0.15) is 5.75 Å². The molecule has 1 saturated heterocycles. The van der Waals surface area contributed by atoms with Crippen molar-refractivity contribution in [2.45, 2.75) is 13.0 Å². The van der Waals surface area contributed by atoms with Crippen molar-refractivity contribution < 1.29 is 9.47 Å². The minimum atomic E-state index is 0.323. The maximum absolute atomic E-state index is 5.44. The van der Waals surface area contributed by atoms with E-state index >= 15 is 0 Å². The molecule has 82 valence electrons. The number of aryl methyl sites for hydroxylation is 1. The lowest BCUT2D eigenvalue weighted by molar-refractivity contribution is 0.0768. The van der Waals surface area contributed by atoms with Crippen LogP contribution in [0.5, 0.6) is 5.75 Å². The molecule has 3 nitrogen and oxygen atoms in total. The molecule has 3 heteroatoms. The first-order chi connectivity index (χ1) is 7.31. The van der Waals surface area contributed by atoms with Crippen LogP contribution >= 0.6 is 0 Å². The first-order valence-electron chi connectivity index (χ1n) is 5.27. The Morgan fingerprint density at radius 1 is 1.47 bits per heavy atom. The standard InChI is InChI=1S/C12H17NO2/c1-9-7-10(3-4-12(9)14-2)11-8-15-6-5-13-11/h3-4,7,11,13H,5-6,8H2,1-2H3. The molecule has 1 heterocycles. The maximum Gasteiger partial charge on any atom is 0.121 e. The second-order valence-electron chi connectivity index (χ2n) is 3.81. The Bertz CT molecular complexity index is 332. The first-order valence-corrected chi connectivity index (χ1v) is 5.27. The number of ether oxygens (including phenoxy) is 2. The first kappa shape index (κ1) is 10.5. The van der Waals surface area contributed by atoms with Gasteiger partial charge in [-0.05, 0) is 24.1 Å². The fourth-order valence-corrected chi connectivity index (χ4v) is 1.90. The van der Waals surface area contributed by atoms with Crippen molar-refractivity contribution in [3.05, 3.63) is 29.3 Å². The smallest absolute Gasteiger partial charge is 0.121 e. The third kappa shape index (κ3) is 2.30. The van der Waals surface area contributed by atoms with Crippen molar-refractivity contribution in [2.75, 3.05) is 26.9 Å². The van der Waals surface area contributed by atoms with Gasteiger partial charge in [0.05, 0.1) is 26.4 Å². The van der Waals surface area contributed by atoms with Gasteiger partial charge in [0, 0.05) is 6.54 Å².